The molecule has 0 saturated carbocycles. The fraction of sp³-hybridized carbons (Fsp3) is 0.929. The van der Waals surface area contributed by atoms with E-state index in [0.29, 0.717) is 17.6 Å². The Morgan fingerprint density at radius 3 is 1.74 bits per heavy atom. The van der Waals surface area contributed by atoms with Gasteiger partial charge in [0.1, 0.15) is 31.5 Å². The van der Waals surface area contributed by atoms with Crippen LogP contribution in [-0.4, -0.2) is 76.5 Å². The maximum atomic E-state index is 12.0. The van der Waals surface area contributed by atoms with Gasteiger partial charge in [0.25, 0.3) is 7.82 Å². The number of quaternary nitrogens is 1. The van der Waals surface area contributed by atoms with Crippen LogP contribution < -0.4 is 4.89 Å². The van der Waals surface area contributed by atoms with E-state index in [1.165, 1.54) is 77.6 Å². The summed E-state index contributed by atoms with van der Waals surface area (Å²) in [5, 5.41) is 0. The molecular weight excluding hydrogens is 509 g/mol. The highest BCUT2D eigenvalue weighted by Crippen LogP contribution is 2.38. The standard InChI is InChI=1S/C28H56NO8P/c1-6-7-8-9-10-11-12-13-14-15-16-17-18-19-21-34-24-27(37-28(31)23-26(2)30)25-36-38(32,33)35-22-20-29(3,4)5/h27H,6-25H2,1-5H3. The van der Waals surface area contributed by atoms with Gasteiger partial charge in [-0.2, -0.15) is 0 Å². The van der Waals surface area contributed by atoms with Crippen molar-refractivity contribution in [1.82, 2.24) is 0 Å². The van der Waals surface area contributed by atoms with Gasteiger partial charge in [0.15, 0.2) is 0 Å². The quantitative estimate of drug-likeness (QED) is 0.0417. The number of nitrogens with zero attached hydrogens (tertiary/aromatic N) is 1. The molecule has 0 aliphatic carbocycles. The number of rotatable bonds is 27. The molecule has 10 heteroatoms. The summed E-state index contributed by atoms with van der Waals surface area (Å²) in [4.78, 5) is 35.1. The molecule has 0 rings (SSSR count). The van der Waals surface area contributed by atoms with E-state index in [2.05, 4.69) is 6.92 Å². The summed E-state index contributed by atoms with van der Waals surface area (Å²) in [6.45, 7) is 4.04. The maximum absolute atomic E-state index is 12.0. The molecular formula is C28H56NO8P. The van der Waals surface area contributed by atoms with Crippen molar-refractivity contribution < 1.29 is 42.1 Å². The summed E-state index contributed by atoms with van der Waals surface area (Å²) in [6.07, 6.45) is 16.4. The Morgan fingerprint density at radius 1 is 0.763 bits per heavy atom. The fourth-order valence-corrected chi connectivity index (χ4v) is 4.53. The van der Waals surface area contributed by atoms with E-state index in [0.717, 1.165) is 19.3 Å². The molecule has 0 saturated heterocycles. The average molecular weight is 566 g/mol. The first kappa shape index (κ1) is 37.2. The van der Waals surface area contributed by atoms with Crippen LogP contribution in [0.5, 0.6) is 0 Å². The van der Waals surface area contributed by atoms with Gasteiger partial charge in [-0.05, 0) is 13.3 Å². The first-order valence-electron chi connectivity index (χ1n) is 14.6. The highest BCUT2D eigenvalue weighted by Gasteiger charge is 2.21. The molecule has 0 radical (unpaired) electrons. The van der Waals surface area contributed by atoms with Crippen molar-refractivity contribution in [2.24, 2.45) is 0 Å². The van der Waals surface area contributed by atoms with E-state index in [4.69, 9.17) is 18.5 Å². The van der Waals surface area contributed by atoms with Crippen LogP contribution >= 0.6 is 7.82 Å². The van der Waals surface area contributed by atoms with E-state index < -0.39 is 26.5 Å². The summed E-state index contributed by atoms with van der Waals surface area (Å²) >= 11 is 0. The number of likely N-dealkylation sites (N-methyl/N-ethyl adjacent to an activating group) is 1. The lowest BCUT2D eigenvalue weighted by molar-refractivity contribution is -0.870. The number of hydrogen-bond acceptors (Lipinski definition) is 8. The number of ketones is 1. The number of ether oxygens (including phenoxy) is 2. The van der Waals surface area contributed by atoms with Crippen LogP contribution in [0.2, 0.25) is 0 Å². The molecule has 0 bridgehead atoms. The first-order valence-corrected chi connectivity index (χ1v) is 16.1. The number of carbonyl (C=O) groups is 2. The molecule has 9 nitrogen and oxygen atoms in total. The zero-order chi connectivity index (χ0) is 28.7. The van der Waals surface area contributed by atoms with Crippen molar-refractivity contribution in [3.8, 4) is 0 Å². The molecule has 226 valence electrons. The first-order chi connectivity index (χ1) is 17.9. The second kappa shape index (κ2) is 22.9. The average Bonchev–Trinajstić information content (AvgIpc) is 2.80. The van der Waals surface area contributed by atoms with Crippen LogP contribution in [0.3, 0.4) is 0 Å². The Balaban J connectivity index is 4.06. The number of carbonyl (C=O) groups excluding carboxylic acids is 2. The molecule has 0 aromatic rings. The van der Waals surface area contributed by atoms with Gasteiger partial charge in [-0.1, -0.05) is 90.4 Å². The minimum atomic E-state index is -4.55. The Kier molecular flexibility index (Phi) is 22.4. The maximum Gasteiger partial charge on any atom is 0.313 e. The molecule has 0 heterocycles. The van der Waals surface area contributed by atoms with Gasteiger partial charge in [0.05, 0.1) is 34.4 Å². The van der Waals surface area contributed by atoms with E-state index in [1.807, 2.05) is 21.1 Å². The minimum absolute atomic E-state index is 0.0129. The smallest absolute Gasteiger partial charge is 0.313 e. The third kappa shape index (κ3) is 26.8. The number of phosphoric acid groups is 1. The van der Waals surface area contributed by atoms with Gasteiger partial charge in [0.2, 0.25) is 0 Å². The fourth-order valence-electron chi connectivity index (χ4n) is 3.80. The minimum Gasteiger partial charge on any atom is -0.756 e. The van der Waals surface area contributed by atoms with Crippen molar-refractivity contribution >= 4 is 19.6 Å². The molecule has 0 spiro atoms. The highest BCUT2D eigenvalue weighted by molar-refractivity contribution is 7.45. The van der Waals surface area contributed by atoms with Gasteiger partial charge >= 0.3 is 5.97 Å². The van der Waals surface area contributed by atoms with Crippen LogP contribution in [0.15, 0.2) is 0 Å². The lowest BCUT2D eigenvalue weighted by Gasteiger charge is -2.28. The van der Waals surface area contributed by atoms with E-state index in [1.54, 1.807) is 0 Å². The number of unbranched alkanes of at least 4 members (excludes halogenated alkanes) is 13. The largest absolute Gasteiger partial charge is 0.756 e. The van der Waals surface area contributed by atoms with Crippen LogP contribution in [0, 0.1) is 0 Å². The lowest BCUT2D eigenvalue weighted by Crippen LogP contribution is -2.37. The van der Waals surface area contributed by atoms with E-state index in [-0.39, 0.29) is 25.4 Å². The molecule has 38 heavy (non-hydrogen) atoms. The van der Waals surface area contributed by atoms with Gasteiger partial charge < -0.3 is 27.9 Å². The molecule has 0 fully saturated rings. The lowest BCUT2D eigenvalue weighted by atomic mass is 10.0. The molecule has 0 aromatic carbocycles. The van der Waals surface area contributed by atoms with Crippen molar-refractivity contribution in [3.63, 3.8) is 0 Å². The Hall–Kier alpha value is -0.830. The number of esters is 1. The number of hydrogen-bond donors (Lipinski definition) is 0. The van der Waals surface area contributed by atoms with E-state index >= 15 is 0 Å². The summed E-state index contributed by atoms with van der Waals surface area (Å²) in [7, 11) is 1.20. The second-order valence-corrected chi connectivity index (χ2v) is 12.7. The van der Waals surface area contributed by atoms with Crippen LogP contribution in [0.4, 0.5) is 0 Å². The molecule has 0 amide bonds. The summed E-state index contributed by atoms with van der Waals surface area (Å²) < 4.78 is 33.2. The third-order valence-corrected chi connectivity index (χ3v) is 7.03. The molecule has 2 atom stereocenters. The van der Waals surface area contributed by atoms with Crippen molar-refractivity contribution in [2.75, 3.05) is 54.1 Å². The molecule has 2 unspecified atom stereocenters. The zero-order valence-corrected chi connectivity index (χ0v) is 25.8. The van der Waals surface area contributed by atoms with Gasteiger partial charge in [0, 0.05) is 6.61 Å². The topological polar surface area (TPSA) is 111 Å². The zero-order valence-electron chi connectivity index (χ0n) is 24.9. The third-order valence-electron chi connectivity index (χ3n) is 6.07. The Morgan fingerprint density at radius 2 is 1.26 bits per heavy atom. The van der Waals surface area contributed by atoms with Gasteiger partial charge in [-0.15, -0.1) is 0 Å². The summed E-state index contributed by atoms with van der Waals surface area (Å²) in [5.41, 5.74) is 0. The highest BCUT2D eigenvalue weighted by atomic mass is 31.2. The molecule has 0 aliphatic heterocycles. The van der Waals surface area contributed by atoms with Gasteiger partial charge in [-0.3, -0.25) is 14.2 Å². The molecule has 0 aliphatic rings. The molecule has 0 N–H and O–H groups in total. The van der Waals surface area contributed by atoms with Crippen molar-refractivity contribution in [1.29, 1.82) is 0 Å². The van der Waals surface area contributed by atoms with Gasteiger partial charge in [-0.25, -0.2) is 0 Å². The van der Waals surface area contributed by atoms with Crippen molar-refractivity contribution in [3.05, 3.63) is 0 Å². The second-order valence-electron chi connectivity index (χ2n) is 11.3. The SMILES string of the molecule is CCCCCCCCCCCCCCCCOCC(COP(=O)([O-])OCC[N+](C)(C)C)OC(=O)CC(C)=O. The van der Waals surface area contributed by atoms with Crippen LogP contribution in [-0.2, 0) is 32.7 Å². The van der Waals surface area contributed by atoms with Crippen molar-refractivity contribution in [2.45, 2.75) is 116 Å². The summed E-state index contributed by atoms with van der Waals surface area (Å²) in [6, 6.07) is 0. The Bertz CT molecular complexity index is 653. The number of Topliss-reactive ketones (excluding diaryl/α,β-unsaturated/α-hetero) is 1. The van der Waals surface area contributed by atoms with E-state index in [9.17, 15) is 19.0 Å². The Labute approximate surface area is 232 Å². The molecule has 0 aromatic heterocycles. The summed E-state index contributed by atoms with van der Waals surface area (Å²) in [5.74, 6) is -1.07. The number of phosphoric ester groups is 1. The normalized spacial score (nSPS) is 14.3. The van der Waals surface area contributed by atoms with Crippen LogP contribution in [0.1, 0.15) is 110 Å². The monoisotopic (exact) mass is 565 g/mol. The predicted molar refractivity (Wildman–Crippen MR) is 149 cm³/mol. The predicted octanol–water partition coefficient (Wildman–Crippen LogP) is 5.58. The van der Waals surface area contributed by atoms with Crippen LogP contribution in [0.25, 0.3) is 0 Å².